The molecule has 1 atom stereocenters. The maximum absolute atomic E-state index is 12.2. The van der Waals surface area contributed by atoms with Gasteiger partial charge in [-0.2, -0.15) is 0 Å². The predicted molar refractivity (Wildman–Crippen MR) is 97.3 cm³/mol. The molecule has 0 aliphatic carbocycles. The second kappa shape index (κ2) is 9.08. The van der Waals surface area contributed by atoms with Gasteiger partial charge in [-0.3, -0.25) is 20.4 Å². The zero-order valence-electron chi connectivity index (χ0n) is 14.2. The van der Waals surface area contributed by atoms with E-state index >= 15 is 0 Å². The maximum atomic E-state index is 12.2. The number of aryl methyl sites for hydroxylation is 1. The van der Waals surface area contributed by atoms with Crippen molar-refractivity contribution < 1.29 is 14.3 Å². The van der Waals surface area contributed by atoms with Gasteiger partial charge in [0.25, 0.3) is 5.91 Å². The van der Waals surface area contributed by atoms with Gasteiger partial charge in [-0.1, -0.05) is 48.9 Å². The Labute approximate surface area is 152 Å². The third kappa shape index (κ3) is 5.80. The van der Waals surface area contributed by atoms with E-state index in [4.69, 9.17) is 16.3 Å². The number of hydrogen-bond donors (Lipinski definition) is 2. The lowest BCUT2D eigenvalue weighted by Gasteiger charge is -2.18. The van der Waals surface area contributed by atoms with Crippen LogP contribution < -0.4 is 15.6 Å². The first-order chi connectivity index (χ1) is 12.0. The zero-order chi connectivity index (χ0) is 18.2. The van der Waals surface area contributed by atoms with Crippen molar-refractivity contribution in [3.63, 3.8) is 0 Å². The molecule has 0 saturated heterocycles. The third-order valence-corrected chi connectivity index (χ3v) is 3.88. The molecule has 0 saturated carbocycles. The van der Waals surface area contributed by atoms with Crippen LogP contribution in [0, 0.1) is 6.92 Å². The van der Waals surface area contributed by atoms with E-state index in [0.29, 0.717) is 17.2 Å². The van der Waals surface area contributed by atoms with Crippen molar-refractivity contribution in [2.45, 2.75) is 32.8 Å². The fourth-order valence-corrected chi connectivity index (χ4v) is 2.33. The molecule has 2 aromatic rings. The van der Waals surface area contributed by atoms with Crippen molar-refractivity contribution in [1.82, 2.24) is 10.9 Å². The number of rotatable bonds is 6. The Morgan fingerprint density at radius 2 is 1.76 bits per heavy atom. The van der Waals surface area contributed by atoms with Crippen LogP contribution in [-0.4, -0.2) is 17.9 Å². The molecule has 0 aliphatic heterocycles. The standard InChI is InChI=1S/C19H21ClN2O3/c1-3-16(25-17-7-5-4-6-13(17)2)19(24)22-21-18(23)12-14-8-10-15(20)11-9-14/h4-11,16H,3,12H2,1-2H3,(H,21,23)(H,22,24). The second-order valence-corrected chi connectivity index (χ2v) is 6.06. The van der Waals surface area contributed by atoms with Crippen LogP contribution >= 0.6 is 11.6 Å². The van der Waals surface area contributed by atoms with Crippen molar-refractivity contribution in [3.05, 3.63) is 64.7 Å². The van der Waals surface area contributed by atoms with Crippen molar-refractivity contribution in [2.75, 3.05) is 0 Å². The number of hydrogen-bond acceptors (Lipinski definition) is 3. The van der Waals surface area contributed by atoms with Crippen molar-refractivity contribution in [2.24, 2.45) is 0 Å². The molecule has 2 rings (SSSR count). The molecular weight excluding hydrogens is 340 g/mol. The van der Waals surface area contributed by atoms with Gasteiger partial charge in [0.2, 0.25) is 5.91 Å². The monoisotopic (exact) mass is 360 g/mol. The molecule has 2 aromatic carbocycles. The highest BCUT2D eigenvalue weighted by Crippen LogP contribution is 2.18. The minimum Gasteiger partial charge on any atom is -0.480 e. The van der Waals surface area contributed by atoms with E-state index in [1.807, 2.05) is 38.1 Å². The van der Waals surface area contributed by atoms with E-state index in [-0.39, 0.29) is 12.3 Å². The Morgan fingerprint density at radius 3 is 2.40 bits per heavy atom. The quantitative estimate of drug-likeness (QED) is 0.777. The number of amides is 2. The third-order valence-electron chi connectivity index (χ3n) is 3.63. The lowest BCUT2D eigenvalue weighted by molar-refractivity contribution is -0.133. The second-order valence-electron chi connectivity index (χ2n) is 5.62. The highest BCUT2D eigenvalue weighted by atomic mass is 35.5. The van der Waals surface area contributed by atoms with Gasteiger partial charge in [-0.15, -0.1) is 0 Å². The molecular formula is C19H21ClN2O3. The van der Waals surface area contributed by atoms with Gasteiger partial charge in [0, 0.05) is 5.02 Å². The van der Waals surface area contributed by atoms with Crippen LogP contribution in [0.1, 0.15) is 24.5 Å². The van der Waals surface area contributed by atoms with Crippen molar-refractivity contribution in [1.29, 1.82) is 0 Å². The number of carbonyl (C=O) groups excluding carboxylic acids is 2. The molecule has 0 bridgehead atoms. The van der Waals surface area contributed by atoms with Gasteiger partial charge in [-0.05, 0) is 42.7 Å². The molecule has 132 valence electrons. The number of ether oxygens (including phenoxy) is 1. The molecule has 6 heteroatoms. The van der Waals surface area contributed by atoms with E-state index in [1.54, 1.807) is 24.3 Å². The summed E-state index contributed by atoms with van der Waals surface area (Å²) in [7, 11) is 0. The van der Waals surface area contributed by atoms with Gasteiger partial charge in [-0.25, -0.2) is 0 Å². The van der Waals surface area contributed by atoms with Crippen LogP contribution in [-0.2, 0) is 16.0 Å². The average molecular weight is 361 g/mol. The van der Waals surface area contributed by atoms with E-state index < -0.39 is 12.0 Å². The summed E-state index contributed by atoms with van der Waals surface area (Å²) >= 11 is 5.81. The van der Waals surface area contributed by atoms with E-state index in [9.17, 15) is 9.59 Å². The number of hydrazine groups is 1. The Kier molecular flexibility index (Phi) is 6.83. The van der Waals surface area contributed by atoms with Gasteiger partial charge in [0.15, 0.2) is 6.10 Å². The van der Waals surface area contributed by atoms with Crippen LogP contribution in [0.3, 0.4) is 0 Å². The summed E-state index contributed by atoms with van der Waals surface area (Å²) in [6.45, 7) is 3.76. The maximum Gasteiger partial charge on any atom is 0.279 e. The summed E-state index contributed by atoms with van der Waals surface area (Å²) in [6.07, 6.45) is -0.0583. The Bertz CT molecular complexity index is 732. The van der Waals surface area contributed by atoms with E-state index in [1.165, 1.54) is 0 Å². The molecule has 0 radical (unpaired) electrons. The molecule has 2 amide bonds. The number of halogens is 1. The molecule has 2 N–H and O–H groups in total. The zero-order valence-corrected chi connectivity index (χ0v) is 15.0. The first-order valence-corrected chi connectivity index (χ1v) is 8.42. The van der Waals surface area contributed by atoms with Crippen molar-refractivity contribution >= 4 is 23.4 Å². The molecule has 5 nitrogen and oxygen atoms in total. The minimum absolute atomic E-state index is 0.146. The first kappa shape index (κ1) is 18.8. The largest absolute Gasteiger partial charge is 0.480 e. The summed E-state index contributed by atoms with van der Waals surface area (Å²) in [5.41, 5.74) is 6.57. The van der Waals surface area contributed by atoms with Crippen LogP contribution in [0.2, 0.25) is 5.02 Å². The summed E-state index contributed by atoms with van der Waals surface area (Å²) in [5.74, 6) is -0.0615. The van der Waals surface area contributed by atoms with Crippen LogP contribution in [0.25, 0.3) is 0 Å². The Hall–Kier alpha value is -2.53. The molecule has 0 spiro atoms. The molecule has 0 heterocycles. The highest BCUT2D eigenvalue weighted by Gasteiger charge is 2.19. The van der Waals surface area contributed by atoms with E-state index in [2.05, 4.69) is 10.9 Å². The molecule has 1 unspecified atom stereocenters. The summed E-state index contributed by atoms with van der Waals surface area (Å²) in [6, 6.07) is 14.4. The highest BCUT2D eigenvalue weighted by molar-refractivity contribution is 6.30. The Morgan fingerprint density at radius 1 is 1.08 bits per heavy atom. The molecule has 0 aromatic heterocycles. The topological polar surface area (TPSA) is 67.4 Å². The summed E-state index contributed by atoms with van der Waals surface area (Å²) in [5, 5.41) is 0.608. The van der Waals surface area contributed by atoms with Gasteiger partial charge < -0.3 is 4.74 Å². The number of para-hydroxylation sites is 1. The van der Waals surface area contributed by atoms with E-state index in [0.717, 1.165) is 11.1 Å². The van der Waals surface area contributed by atoms with Crippen LogP contribution in [0.5, 0.6) is 5.75 Å². The van der Waals surface area contributed by atoms with Gasteiger partial charge >= 0.3 is 0 Å². The predicted octanol–water partition coefficient (Wildman–Crippen LogP) is 3.20. The fourth-order valence-electron chi connectivity index (χ4n) is 2.21. The summed E-state index contributed by atoms with van der Waals surface area (Å²) in [4.78, 5) is 24.1. The normalized spacial score (nSPS) is 11.5. The van der Waals surface area contributed by atoms with Crippen LogP contribution in [0.4, 0.5) is 0 Å². The summed E-state index contributed by atoms with van der Waals surface area (Å²) < 4.78 is 5.74. The van der Waals surface area contributed by atoms with Gasteiger partial charge in [0.05, 0.1) is 6.42 Å². The van der Waals surface area contributed by atoms with Crippen molar-refractivity contribution in [3.8, 4) is 5.75 Å². The smallest absolute Gasteiger partial charge is 0.279 e. The van der Waals surface area contributed by atoms with Gasteiger partial charge in [0.1, 0.15) is 5.75 Å². The number of benzene rings is 2. The average Bonchev–Trinajstić information content (AvgIpc) is 2.61. The molecule has 25 heavy (non-hydrogen) atoms. The Balaban J connectivity index is 1.85. The lowest BCUT2D eigenvalue weighted by Crippen LogP contribution is -2.48. The molecule has 0 fully saturated rings. The lowest BCUT2D eigenvalue weighted by atomic mass is 10.1. The number of nitrogens with one attached hydrogen (secondary N) is 2. The SMILES string of the molecule is CCC(Oc1ccccc1C)C(=O)NNC(=O)Cc1ccc(Cl)cc1. The molecule has 0 aliphatic rings. The van der Waals surface area contributed by atoms with Crippen LogP contribution in [0.15, 0.2) is 48.5 Å². The first-order valence-electron chi connectivity index (χ1n) is 8.05. The number of carbonyl (C=O) groups is 2. The fraction of sp³-hybridized carbons (Fsp3) is 0.263. The minimum atomic E-state index is -0.683.